The molecule has 0 fully saturated rings. The maximum Gasteiger partial charge on any atom is 0.0343 e. The van der Waals surface area contributed by atoms with Gasteiger partial charge in [-0.15, -0.1) is 0 Å². The molecule has 0 saturated heterocycles. The van der Waals surface area contributed by atoms with Gasteiger partial charge >= 0.3 is 0 Å². The van der Waals surface area contributed by atoms with Gasteiger partial charge in [-0.1, -0.05) is 13.0 Å². The number of nitrogens with two attached hydrogens (primary N) is 1. The van der Waals surface area contributed by atoms with Crippen molar-refractivity contribution < 1.29 is 0 Å². The Morgan fingerprint density at radius 1 is 1.31 bits per heavy atom. The van der Waals surface area contributed by atoms with Crippen LogP contribution in [0.15, 0.2) is 18.2 Å². The minimum Gasteiger partial charge on any atom is -0.385 e. The molecule has 1 aliphatic rings. The van der Waals surface area contributed by atoms with Crippen LogP contribution in [0, 0.1) is 5.92 Å². The minimum absolute atomic E-state index is 0.651. The lowest BCUT2D eigenvalue weighted by atomic mass is 10.1. The molecule has 1 atom stereocenters. The molecule has 0 saturated carbocycles. The Morgan fingerprint density at radius 2 is 2.12 bits per heavy atom. The van der Waals surface area contributed by atoms with Crippen molar-refractivity contribution in [2.45, 2.75) is 32.6 Å². The average Bonchev–Trinajstić information content (AvgIpc) is 2.74. The topological polar surface area (TPSA) is 38.0 Å². The smallest absolute Gasteiger partial charge is 0.0343 e. The first kappa shape index (κ1) is 11.5. The lowest BCUT2D eigenvalue weighted by Gasteiger charge is -2.13. The van der Waals surface area contributed by atoms with E-state index in [1.54, 1.807) is 5.56 Å². The van der Waals surface area contributed by atoms with Gasteiger partial charge in [0.15, 0.2) is 0 Å². The number of nitrogens with one attached hydrogen (secondary N) is 1. The van der Waals surface area contributed by atoms with Gasteiger partial charge < -0.3 is 11.1 Å². The maximum absolute atomic E-state index is 5.54. The van der Waals surface area contributed by atoms with E-state index >= 15 is 0 Å². The second-order valence-electron chi connectivity index (χ2n) is 4.90. The van der Waals surface area contributed by atoms with Crippen molar-refractivity contribution in [3.05, 3.63) is 29.3 Å². The largest absolute Gasteiger partial charge is 0.385 e. The molecule has 0 amide bonds. The minimum atomic E-state index is 0.651. The molecule has 2 rings (SSSR count). The number of rotatable bonds is 5. The van der Waals surface area contributed by atoms with Gasteiger partial charge in [0.1, 0.15) is 0 Å². The lowest BCUT2D eigenvalue weighted by Crippen LogP contribution is -2.15. The SMILES string of the molecule is CC(CCN)CNc1ccc2c(c1)CCC2. The van der Waals surface area contributed by atoms with Crippen molar-refractivity contribution in [1.29, 1.82) is 0 Å². The van der Waals surface area contributed by atoms with Crippen LogP contribution < -0.4 is 11.1 Å². The van der Waals surface area contributed by atoms with Gasteiger partial charge in [0.2, 0.25) is 0 Å². The van der Waals surface area contributed by atoms with Gasteiger partial charge in [0.25, 0.3) is 0 Å². The molecule has 0 bridgehead atoms. The van der Waals surface area contributed by atoms with Gasteiger partial charge in [-0.05, 0) is 61.4 Å². The second-order valence-corrected chi connectivity index (χ2v) is 4.90. The summed E-state index contributed by atoms with van der Waals surface area (Å²) in [6.45, 7) is 4.05. The summed E-state index contributed by atoms with van der Waals surface area (Å²) >= 11 is 0. The van der Waals surface area contributed by atoms with E-state index in [0.717, 1.165) is 19.5 Å². The highest BCUT2D eigenvalue weighted by Crippen LogP contribution is 2.24. The predicted octanol–water partition coefficient (Wildman–Crippen LogP) is 2.57. The van der Waals surface area contributed by atoms with E-state index < -0.39 is 0 Å². The molecule has 1 aliphatic carbocycles. The third-order valence-corrected chi connectivity index (χ3v) is 3.41. The Morgan fingerprint density at radius 3 is 2.94 bits per heavy atom. The van der Waals surface area contributed by atoms with Crippen LogP contribution in [0.25, 0.3) is 0 Å². The normalized spacial score (nSPS) is 15.9. The first-order valence-electron chi connectivity index (χ1n) is 6.35. The first-order valence-corrected chi connectivity index (χ1v) is 6.35. The molecule has 3 N–H and O–H groups in total. The van der Waals surface area contributed by atoms with Crippen molar-refractivity contribution in [3.8, 4) is 0 Å². The lowest BCUT2D eigenvalue weighted by molar-refractivity contribution is 0.568. The third kappa shape index (κ3) is 2.76. The molecule has 2 heteroatoms. The summed E-state index contributed by atoms with van der Waals surface area (Å²) in [7, 11) is 0. The number of benzene rings is 1. The second kappa shape index (κ2) is 5.35. The van der Waals surface area contributed by atoms with Crippen molar-refractivity contribution in [1.82, 2.24) is 0 Å². The summed E-state index contributed by atoms with van der Waals surface area (Å²) in [6, 6.07) is 6.80. The fraction of sp³-hybridized carbons (Fsp3) is 0.571. The molecule has 0 heterocycles. The highest BCUT2D eigenvalue weighted by molar-refractivity contribution is 5.50. The van der Waals surface area contributed by atoms with E-state index in [4.69, 9.17) is 5.73 Å². The van der Waals surface area contributed by atoms with Gasteiger partial charge in [0, 0.05) is 12.2 Å². The summed E-state index contributed by atoms with van der Waals surface area (Å²) in [5, 5.41) is 3.50. The van der Waals surface area contributed by atoms with Crippen LogP contribution in [-0.2, 0) is 12.8 Å². The maximum atomic E-state index is 5.54. The van der Waals surface area contributed by atoms with E-state index in [1.807, 2.05) is 0 Å². The molecular formula is C14H22N2. The van der Waals surface area contributed by atoms with Crippen molar-refractivity contribution >= 4 is 5.69 Å². The van der Waals surface area contributed by atoms with Crippen LogP contribution in [0.2, 0.25) is 0 Å². The molecule has 2 nitrogen and oxygen atoms in total. The van der Waals surface area contributed by atoms with Crippen LogP contribution in [0.1, 0.15) is 30.9 Å². The van der Waals surface area contributed by atoms with Gasteiger partial charge in [-0.25, -0.2) is 0 Å². The summed E-state index contributed by atoms with van der Waals surface area (Å²) in [5.41, 5.74) is 9.89. The average molecular weight is 218 g/mol. The number of hydrogen-bond acceptors (Lipinski definition) is 2. The zero-order valence-electron chi connectivity index (χ0n) is 10.1. The quantitative estimate of drug-likeness (QED) is 0.797. The molecule has 1 unspecified atom stereocenters. The number of anilines is 1. The van der Waals surface area contributed by atoms with E-state index in [-0.39, 0.29) is 0 Å². The van der Waals surface area contributed by atoms with Gasteiger partial charge in [-0.3, -0.25) is 0 Å². The van der Waals surface area contributed by atoms with Gasteiger partial charge in [-0.2, -0.15) is 0 Å². The molecule has 88 valence electrons. The zero-order chi connectivity index (χ0) is 11.4. The Labute approximate surface area is 98.2 Å². The number of aryl methyl sites for hydroxylation is 2. The molecule has 1 aromatic carbocycles. The Bertz CT molecular complexity index is 347. The third-order valence-electron chi connectivity index (χ3n) is 3.41. The molecular weight excluding hydrogens is 196 g/mol. The predicted molar refractivity (Wildman–Crippen MR) is 69.8 cm³/mol. The molecule has 0 aromatic heterocycles. The molecule has 0 radical (unpaired) electrons. The highest BCUT2D eigenvalue weighted by atomic mass is 14.9. The van der Waals surface area contributed by atoms with Crippen molar-refractivity contribution in [2.24, 2.45) is 11.7 Å². The fourth-order valence-corrected chi connectivity index (χ4v) is 2.36. The van der Waals surface area contributed by atoms with Gasteiger partial charge in [0.05, 0.1) is 0 Å². The van der Waals surface area contributed by atoms with Crippen molar-refractivity contribution in [2.75, 3.05) is 18.4 Å². The molecule has 0 aliphatic heterocycles. The Balaban J connectivity index is 1.90. The van der Waals surface area contributed by atoms with E-state index in [2.05, 4.69) is 30.4 Å². The van der Waals surface area contributed by atoms with Crippen LogP contribution in [0.5, 0.6) is 0 Å². The van der Waals surface area contributed by atoms with Crippen LogP contribution in [0.3, 0.4) is 0 Å². The monoisotopic (exact) mass is 218 g/mol. The summed E-state index contributed by atoms with van der Waals surface area (Å²) in [4.78, 5) is 0. The number of fused-ring (bicyclic) bond motifs is 1. The molecule has 16 heavy (non-hydrogen) atoms. The Hall–Kier alpha value is -1.02. The van der Waals surface area contributed by atoms with E-state index in [9.17, 15) is 0 Å². The van der Waals surface area contributed by atoms with E-state index in [1.165, 1.54) is 30.5 Å². The van der Waals surface area contributed by atoms with Crippen LogP contribution in [-0.4, -0.2) is 13.1 Å². The standard InChI is InChI=1S/C14H22N2/c1-11(7-8-15)10-16-14-6-5-12-3-2-4-13(12)9-14/h5-6,9,11,16H,2-4,7-8,10,15H2,1H3. The summed E-state index contributed by atoms with van der Waals surface area (Å²) < 4.78 is 0. The zero-order valence-corrected chi connectivity index (χ0v) is 10.1. The first-order chi connectivity index (χ1) is 7.79. The Kier molecular flexibility index (Phi) is 3.83. The van der Waals surface area contributed by atoms with Crippen molar-refractivity contribution in [3.63, 3.8) is 0 Å². The van der Waals surface area contributed by atoms with Crippen LogP contribution >= 0.6 is 0 Å². The molecule has 1 aromatic rings. The summed E-state index contributed by atoms with van der Waals surface area (Å²) in [5.74, 6) is 0.651. The molecule has 0 spiro atoms. The highest BCUT2D eigenvalue weighted by Gasteiger charge is 2.10. The van der Waals surface area contributed by atoms with E-state index in [0.29, 0.717) is 5.92 Å². The number of hydrogen-bond donors (Lipinski definition) is 2. The summed E-state index contributed by atoms with van der Waals surface area (Å²) in [6.07, 6.45) is 4.93. The van der Waals surface area contributed by atoms with Crippen LogP contribution in [0.4, 0.5) is 5.69 Å². The fourth-order valence-electron chi connectivity index (χ4n) is 2.36.